The molecule has 34 heavy (non-hydrogen) atoms. The Morgan fingerprint density at radius 2 is 1.76 bits per heavy atom. The molecule has 0 radical (unpaired) electrons. The van der Waals surface area contributed by atoms with Crippen LogP contribution in [0.1, 0.15) is 31.2 Å². The summed E-state index contributed by atoms with van der Waals surface area (Å²) in [5, 5.41) is 14.1. The summed E-state index contributed by atoms with van der Waals surface area (Å²) in [6.07, 6.45) is 4.47. The smallest absolute Gasteiger partial charge is 0.287 e. The molecule has 2 aliphatic heterocycles. The largest absolute Gasteiger partial charge is 0.369 e. The van der Waals surface area contributed by atoms with Crippen molar-refractivity contribution >= 4 is 23.1 Å². The second kappa shape index (κ2) is 11.3. The number of aromatic nitrogens is 1. The third kappa shape index (κ3) is 6.44. The van der Waals surface area contributed by atoms with Gasteiger partial charge in [0, 0.05) is 63.5 Å². The van der Waals surface area contributed by atoms with Gasteiger partial charge in [-0.25, -0.2) is 4.98 Å². The van der Waals surface area contributed by atoms with Gasteiger partial charge in [-0.1, -0.05) is 17.7 Å². The van der Waals surface area contributed by atoms with Crippen molar-refractivity contribution in [3.8, 4) is 0 Å². The number of amides is 1. The maximum Gasteiger partial charge on any atom is 0.287 e. The van der Waals surface area contributed by atoms with E-state index in [1.807, 2.05) is 4.90 Å². The summed E-state index contributed by atoms with van der Waals surface area (Å²) in [5.74, 6) is 0.878. The van der Waals surface area contributed by atoms with Gasteiger partial charge in [0.1, 0.15) is 12.0 Å². The minimum Gasteiger partial charge on any atom is -0.369 e. The molecule has 9 heteroatoms. The molecule has 1 N–H and O–H groups in total. The number of hydrogen-bond donors (Lipinski definition) is 1. The second-order valence-electron chi connectivity index (χ2n) is 9.23. The first kappa shape index (κ1) is 23.9. The molecule has 0 spiro atoms. The van der Waals surface area contributed by atoms with Crippen LogP contribution in [0.15, 0.2) is 42.6 Å². The van der Waals surface area contributed by atoms with Gasteiger partial charge >= 0.3 is 0 Å². The number of hydrogen-bond acceptors (Lipinski definition) is 7. The number of carbonyl (C=O) groups is 1. The van der Waals surface area contributed by atoms with Crippen LogP contribution in [0, 0.1) is 17.0 Å². The van der Waals surface area contributed by atoms with E-state index < -0.39 is 4.92 Å². The lowest BCUT2D eigenvalue weighted by molar-refractivity contribution is -0.385. The Balaban J connectivity index is 1.11. The van der Waals surface area contributed by atoms with Crippen molar-refractivity contribution in [3.05, 3.63) is 58.3 Å². The molecule has 2 aromatic rings. The highest BCUT2D eigenvalue weighted by Gasteiger charge is 2.23. The highest BCUT2D eigenvalue weighted by Crippen LogP contribution is 2.19. The van der Waals surface area contributed by atoms with Gasteiger partial charge in [0.25, 0.3) is 5.69 Å². The molecule has 2 aliphatic rings. The summed E-state index contributed by atoms with van der Waals surface area (Å²) in [7, 11) is 0. The number of likely N-dealkylation sites (tertiary alicyclic amines) is 1. The Morgan fingerprint density at radius 1 is 1.06 bits per heavy atom. The number of pyridine rings is 1. The molecule has 1 aromatic carbocycles. The number of piperazine rings is 1. The van der Waals surface area contributed by atoms with Gasteiger partial charge in [-0.2, -0.15) is 0 Å². The number of benzene rings is 1. The number of nitrogens with zero attached hydrogens (tertiary/aromatic N) is 5. The number of carbonyl (C=O) groups excluding carboxylic acids is 1. The molecule has 0 unspecified atom stereocenters. The minimum atomic E-state index is -0.452. The number of nitro groups is 1. The zero-order valence-electron chi connectivity index (χ0n) is 19.9. The molecule has 182 valence electrons. The molecular formula is C25H34N6O3. The van der Waals surface area contributed by atoms with Gasteiger partial charge < -0.3 is 15.1 Å². The van der Waals surface area contributed by atoms with Crippen LogP contribution in [0.4, 0.5) is 17.2 Å². The summed E-state index contributed by atoms with van der Waals surface area (Å²) in [6.45, 7) is 8.68. The zero-order valence-corrected chi connectivity index (χ0v) is 19.9. The van der Waals surface area contributed by atoms with E-state index >= 15 is 0 Å². The van der Waals surface area contributed by atoms with Crippen molar-refractivity contribution in [3.63, 3.8) is 0 Å². The lowest BCUT2D eigenvalue weighted by atomic mass is 10.0. The monoisotopic (exact) mass is 466 g/mol. The standard InChI is InChI=1S/C25H34N6O3/c1-20-4-6-22(7-5-20)29-17-15-28(16-18-29)12-2-3-25(32)30-13-10-21(11-14-30)27-24-9-8-23(19-26-24)31(33)34/h4-9,19,21H,2-3,10-18H2,1H3,(H,26,27). The zero-order chi connectivity index (χ0) is 23.9. The summed E-state index contributed by atoms with van der Waals surface area (Å²) in [5.41, 5.74) is 2.57. The van der Waals surface area contributed by atoms with E-state index in [4.69, 9.17) is 0 Å². The van der Waals surface area contributed by atoms with Crippen LogP contribution in [0.2, 0.25) is 0 Å². The first-order valence-electron chi connectivity index (χ1n) is 12.2. The normalized spacial score (nSPS) is 17.6. The van der Waals surface area contributed by atoms with E-state index in [0.717, 1.165) is 65.1 Å². The summed E-state index contributed by atoms with van der Waals surface area (Å²) < 4.78 is 0. The van der Waals surface area contributed by atoms with Gasteiger partial charge in [-0.3, -0.25) is 19.8 Å². The lowest BCUT2D eigenvalue weighted by Crippen LogP contribution is -2.47. The maximum atomic E-state index is 12.7. The molecule has 2 saturated heterocycles. The molecule has 1 amide bonds. The fraction of sp³-hybridized carbons (Fsp3) is 0.520. The molecule has 0 aliphatic carbocycles. The van der Waals surface area contributed by atoms with Crippen LogP contribution in [0.25, 0.3) is 0 Å². The van der Waals surface area contributed by atoms with E-state index in [9.17, 15) is 14.9 Å². The van der Waals surface area contributed by atoms with E-state index in [0.29, 0.717) is 12.2 Å². The van der Waals surface area contributed by atoms with Crippen LogP contribution in [0.5, 0.6) is 0 Å². The van der Waals surface area contributed by atoms with Gasteiger partial charge in [0.05, 0.1) is 4.92 Å². The molecule has 9 nitrogen and oxygen atoms in total. The summed E-state index contributed by atoms with van der Waals surface area (Å²) in [4.78, 5) is 34.0. The maximum absolute atomic E-state index is 12.7. The van der Waals surface area contributed by atoms with Crippen molar-refractivity contribution < 1.29 is 9.72 Å². The summed E-state index contributed by atoms with van der Waals surface area (Å²) in [6, 6.07) is 12.0. The number of nitrogens with one attached hydrogen (secondary N) is 1. The molecular weight excluding hydrogens is 432 g/mol. The predicted octanol–water partition coefficient (Wildman–Crippen LogP) is 3.30. The molecule has 0 atom stereocenters. The molecule has 2 fully saturated rings. The number of rotatable bonds is 8. The van der Waals surface area contributed by atoms with Crippen molar-refractivity contribution in [2.45, 2.75) is 38.6 Å². The number of aryl methyl sites for hydroxylation is 1. The van der Waals surface area contributed by atoms with E-state index in [1.54, 1.807) is 6.07 Å². The van der Waals surface area contributed by atoms with E-state index in [2.05, 4.69) is 51.3 Å². The van der Waals surface area contributed by atoms with E-state index in [-0.39, 0.29) is 17.6 Å². The van der Waals surface area contributed by atoms with Crippen LogP contribution in [-0.2, 0) is 4.79 Å². The highest BCUT2D eigenvalue weighted by molar-refractivity contribution is 5.76. The topological polar surface area (TPSA) is 94.8 Å². The fourth-order valence-electron chi connectivity index (χ4n) is 4.66. The quantitative estimate of drug-likeness (QED) is 0.471. The average Bonchev–Trinajstić information content (AvgIpc) is 2.86. The molecule has 1 aromatic heterocycles. The van der Waals surface area contributed by atoms with Crippen LogP contribution in [0.3, 0.4) is 0 Å². The van der Waals surface area contributed by atoms with Crippen molar-refractivity contribution in [2.24, 2.45) is 0 Å². The molecule has 4 rings (SSSR count). The molecule has 3 heterocycles. The minimum absolute atomic E-state index is 0.0147. The second-order valence-corrected chi connectivity index (χ2v) is 9.23. The lowest BCUT2D eigenvalue weighted by Gasteiger charge is -2.36. The van der Waals surface area contributed by atoms with Crippen molar-refractivity contribution in [1.82, 2.24) is 14.8 Å². The Bertz CT molecular complexity index is 950. The van der Waals surface area contributed by atoms with Crippen LogP contribution >= 0.6 is 0 Å². The Kier molecular flexibility index (Phi) is 7.95. The third-order valence-corrected chi connectivity index (χ3v) is 6.79. The van der Waals surface area contributed by atoms with Gasteiger partial charge in [0.15, 0.2) is 0 Å². The van der Waals surface area contributed by atoms with Crippen LogP contribution in [-0.4, -0.2) is 77.5 Å². The first-order chi connectivity index (χ1) is 16.5. The van der Waals surface area contributed by atoms with Crippen molar-refractivity contribution in [1.29, 1.82) is 0 Å². The fourth-order valence-corrected chi connectivity index (χ4v) is 4.66. The highest BCUT2D eigenvalue weighted by atomic mass is 16.6. The van der Waals surface area contributed by atoms with Gasteiger partial charge in [-0.15, -0.1) is 0 Å². The third-order valence-electron chi connectivity index (χ3n) is 6.79. The van der Waals surface area contributed by atoms with Gasteiger partial charge in [-0.05, 0) is 50.9 Å². The SMILES string of the molecule is Cc1ccc(N2CCN(CCCC(=O)N3CCC(Nc4ccc([N+](=O)[O-])cn4)CC3)CC2)cc1. The van der Waals surface area contributed by atoms with Crippen LogP contribution < -0.4 is 10.2 Å². The Hall–Kier alpha value is -3.20. The van der Waals surface area contributed by atoms with Gasteiger partial charge in [0.2, 0.25) is 5.91 Å². The predicted molar refractivity (Wildman–Crippen MR) is 133 cm³/mol. The summed E-state index contributed by atoms with van der Waals surface area (Å²) >= 11 is 0. The molecule has 0 saturated carbocycles. The van der Waals surface area contributed by atoms with Crippen molar-refractivity contribution in [2.75, 3.05) is 56.0 Å². The number of anilines is 2. The molecule has 0 bridgehead atoms. The number of piperidine rings is 1. The average molecular weight is 467 g/mol. The Morgan fingerprint density at radius 3 is 2.38 bits per heavy atom. The Labute approximate surface area is 200 Å². The first-order valence-corrected chi connectivity index (χ1v) is 12.2. The van der Waals surface area contributed by atoms with E-state index in [1.165, 1.54) is 23.5 Å².